The molecule has 15 heavy (non-hydrogen) atoms. The second-order valence-electron chi connectivity index (χ2n) is 3.23. The van der Waals surface area contributed by atoms with Crippen LogP contribution in [-0.4, -0.2) is 28.6 Å². The molecule has 0 radical (unpaired) electrons. The van der Waals surface area contributed by atoms with Gasteiger partial charge in [0, 0.05) is 12.7 Å². The lowest BCUT2D eigenvalue weighted by molar-refractivity contribution is -0.138. The summed E-state index contributed by atoms with van der Waals surface area (Å²) in [7, 11) is 0. The molecule has 0 aromatic carbocycles. The van der Waals surface area contributed by atoms with Crippen LogP contribution in [-0.2, 0) is 4.79 Å². The molecule has 0 aliphatic rings. The summed E-state index contributed by atoms with van der Waals surface area (Å²) in [4.78, 5) is 14.5. The van der Waals surface area contributed by atoms with Crippen molar-refractivity contribution in [2.24, 2.45) is 5.73 Å². The monoisotopic (exact) mass is 209 g/mol. The predicted octanol–water partition coefficient (Wildman–Crippen LogP) is 0.686. The number of carboxylic acids is 1. The molecule has 0 aliphatic carbocycles. The van der Waals surface area contributed by atoms with E-state index in [0.717, 1.165) is 5.82 Å². The van der Waals surface area contributed by atoms with Gasteiger partial charge in [-0.05, 0) is 25.0 Å². The van der Waals surface area contributed by atoms with Crippen molar-refractivity contribution in [1.82, 2.24) is 4.98 Å². The van der Waals surface area contributed by atoms with Crippen LogP contribution in [0.5, 0.6) is 0 Å². The number of hydrogen-bond acceptors (Lipinski definition) is 4. The lowest BCUT2D eigenvalue weighted by Crippen LogP contribution is -2.30. The Balaban J connectivity index is 2.15. The third-order valence-electron chi connectivity index (χ3n) is 1.98. The minimum Gasteiger partial charge on any atom is -0.480 e. The number of carbonyl (C=O) groups is 1. The summed E-state index contributed by atoms with van der Waals surface area (Å²) in [5.41, 5.74) is 5.35. The molecule has 0 fully saturated rings. The zero-order valence-corrected chi connectivity index (χ0v) is 8.39. The van der Waals surface area contributed by atoms with Gasteiger partial charge in [-0.25, -0.2) is 4.98 Å². The Labute approximate surface area is 88.3 Å². The standard InChI is InChI=1S/C10H15N3O2/c11-8(10(14)15)4-3-7-13-9-5-1-2-6-12-9/h1-2,5-6,8H,3-4,7,11H2,(H,12,13)(H,14,15). The summed E-state index contributed by atoms with van der Waals surface area (Å²) in [5, 5.41) is 11.6. The highest BCUT2D eigenvalue weighted by Crippen LogP contribution is 2.01. The van der Waals surface area contributed by atoms with Crippen LogP contribution in [0, 0.1) is 0 Å². The molecular formula is C10H15N3O2. The smallest absolute Gasteiger partial charge is 0.320 e. The quantitative estimate of drug-likeness (QED) is 0.600. The predicted molar refractivity (Wildman–Crippen MR) is 57.6 cm³/mol. The van der Waals surface area contributed by atoms with Gasteiger partial charge in [-0.2, -0.15) is 0 Å². The maximum Gasteiger partial charge on any atom is 0.320 e. The van der Waals surface area contributed by atoms with Crippen LogP contribution in [0.1, 0.15) is 12.8 Å². The number of hydrogen-bond donors (Lipinski definition) is 3. The molecule has 0 aliphatic heterocycles. The highest BCUT2D eigenvalue weighted by molar-refractivity contribution is 5.72. The summed E-state index contributed by atoms with van der Waals surface area (Å²) in [6.45, 7) is 0.679. The zero-order chi connectivity index (χ0) is 11.1. The Hall–Kier alpha value is -1.62. The molecule has 1 aromatic heterocycles. The van der Waals surface area contributed by atoms with Gasteiger partial charge in [0.25, 0.3) is 0 Å². The first-order chi connectivity index (χ1) is 7.20. The molecule has 1 atom stereocenters. The summed E-state index contributed by atoms with van der Waals surface area (Å²) in [6.07, 6.45) is 2.88. The van der Waals surface area contributed by atoms with Crippen molar-refractivity contribution in [3.63, 3.8) is 0 Å². The number of pyridine rings is 1. The van der Waals surface area contributed by atoms with E-state index in [4.69, 9.17) is 10.8 Å². The summed E-state index contributed by atoms with van der Waals surface area (Å²) >= 11 is 0. The van der Waals surface area contributed by atoms with E-state index in [1.807, 2.05) is 18.2 Å². The number of aliphatic carboxylic acids is 1. The second-order valence-corrected chi connectivity index (χ2v) is 3.23. The van der Waals surface area contributed by atoms with Crippen LogP contribution in [0.25, 0.3) is 0 Å². The average molecular weight is 209 g/mol. The Morgan fingerprint density at radius 1 is 1.60 bits per heavy atom. The van der Waals surface area contributed by atoms with Gasteiger partial charge >= 0.3 is 5.97 Å². The summed E-state index contributed by atoms with van der Waals surface area (Å²) in [5.74, 6) is -0.158. The van der Waals surface area contributed by atoms with Crippen molar-refractivity contribution in [1.29, 1.82) is 0 Å². The molecule has 5 nitrogen and oxygen atoms in total. The molecule has 0 amide bonds. The maximum absolute atomic E-state index is 10.4. The van der Waals surface area contributed by atoms with Crippen LogP contribution in [0.15, 0.2) is 24.4 Å². The Morgan fingerprint density at radius 3 is 3.00 bits per heavy atom. The number of nitrogens with two attached hydrogens (primary N) is 1. The molecule has 1 unspecified atom stereocenters. The molecule has 0 saturated heterocycles. The molecule has 1 aromatic rings. The minimum atomic E-state index is -0.951. The Kier molecular flexibility index (Phi) is 4.56. The zero-order valence-electron chi connectivity index (χ0n) is 8.39. The SMILES string of the molecule is NC(CCCNc1ccccn1)C(=O)O. The van der Waals surface area contributed by atoms with Crippen LogP contribution in [0.4, 0.5) is 5.82 Å². The van der Waals surface area contributed by atoms with E-state index in [2.05, 4.69) is 10.3 Å². The first-order valence-electron chi connectivity index (χ1n) is 4.83. The molecular weight excluding hydrogens is 194 g/mol. The van der Waals surface area contributed by atoms with Gasteiger partial charge in [0.2, 0.25) is 0 Å². The van der Waals surface area contributed by atoms with Crippen LogP contribution in [0.3, 0.4) is 0 Å². The Morgan fingerprint density at radius 2 is 2.40 bits per heavy atom. The number of carboxylic acid groups (broad SMARTS) is 1. The molecule has 0 bridgehead atoms. The molecule has 0 spiro atoms. The van der Waals surface area contributed by atoms with Crippen molar-refractivity contribution in [3.8, 4) is 0 Å². The van der Waals surface area contributed by atoms with E-state index in [1.54, 1.807) is 6.20 Å². The van der Waals surface area contributed by atoms with Crippen LogP contribution in [0.2, 0.25) is 0 Å². The third-order valence-corrected chi connectivity index (χ3v) is 1.98. The summed E-state index contributed by atoms with van der Waals surface area (Å²) in [6, 6.07) is 4.82. The highest BCUT2D eigenvalue weighted by Gasteiger charge is 2.09. The van der Waals surface area contributed by atoms with Crippen LogP contribution < -0.4 is 11.1 Å². The van der Waals surface area contributed by atoms with Gasteiger partial charge in [0.15, 0.2) is 0 Å². The number of nitrogens with one attached hydrogen (secondary N) is 1. The molecule has 0 saturated carbocycles. The van der Waals surface area contributed by atoms with Crippen molar-refractivity contribution in [3.05, 3.63) is 24.4 Å². The van der Waals surface area contributed by atoms with Gasteiger partial charge in [-0.1, -0.05) is 6.07 Å². The largest absolute Gasteiger partial charge is 0.480 e. The van der Waals surface area contributed by atoms with E-state index in [-0.39, 0.29) is 0 Å². The van der Waals surface area contributed by atoms with Crippen molar-refractivity contribution < 1.29 is 9.90 Å². The van der Waals surface area contributed by atoms with Gasteiger partial charge in [-0.3, -0.25) is 4.79 Å². The molecule has 4 N–H and O–H groups in total. The third kappa shape index (κ3) is 4.42. The highest BCUT2D eigenvalue weighted by atomic mass is 16.4. The normalized spacial score (nSPS) is 12.1. The lowest BCUT2D eigenvalue weighted by Gasteiger charge is -2.07. The molecule has 1 rings (SSSR count). The van der Waals surface area contributed by atoms with Gasteiger partial charge in [0.1, 0.15) is 11.9 Å². The van der Waals surface area contributed by atoms with E-state index >= 15 is 0 Å². The first-order valence-corrected chi connectivity index (χ1v) is 4.83. The number of rotatable bonds is 6. The molecule has 82 valence electrons. The fourth-order valence-electron chi connectivity index (χ4n) is 1.13. The van der Waals surface area contributed by atoms with E-state index < -0.39 is 12.0 Å². The minimum absolute atomic E-state index is 0.467. The van der Waals surface area contributed by atoms with Gasteiger partial charge in [-0.15, -0.1) is 0 Å². The van der Waals surface area contributed by atoms with E-state index in [1.165, 1.54) is 0 Å². The average Bonchev–Trinajstić information content (AvgIpc) is 2.25. The summed E-state index contributed by atoms with van der Waals surface area (Å²) < 4.78 is 0. The fourth-order valence-corrected chi connectivity index (χ4v) is 1.13. The molecule has 1 heterocycles. The van der Waals surface area contributed by atoms with Crippen molar-refractivity contribution in [2.45, 2.75) is 18.9 Å². The van der Waals surface area contributed by atoms with Gasteiger partial charge < -0.3 is 16.2 Å². The number of nitrogens with zero attached hydrogens (tertiary/aromatic N) is 1. The second kappa shape index (κ2) is 5.98. The van der Waals surface area contributed by atoms with Crippen LogP contribution >= 0.6 is 0 Å². The van der Waals surface area contributed by atoms with E-state index in [0.29, 0.717) is 19.4 Å². The Bertz CT molecular complexity index is 303. The number of aromatic nitrogens is 1. The lowest BCUT2D eigenvalue weighted by atomic mass is 10.2. The fraction of sp³-hybridized carbons (Fsp3) is 0.400. The first kappa shape index (κ1) is 11.5. The number of anilines is 1. The molecule has 5 heteroatoms. The van der Waals surface area contributed by atoms with Crippen molar-refractivity contribution in [2.75, 3.05) is 11.9 Å². The van der Waals surface area contributed by atoms with E-state index in [9.17, 15) is 4.79 Å². The van der Waals surface area contributed by atoms with Gasteiger partial charge in [0.05, 0.1) is 0 Å². The van der Waals surface area contributed by atoms with Crippen molar-refractivity contribution >= 4 is 11.8 Å². The topological polar surface area (TPSA) is 88.2 Å². The maximum atomic E-state index is 10.4.